The molecular formula is C19H20N2O3. The predicted molar refractivity (Wildman–Crippen MR) is 94.4 cm³/mol. The molecular weight excluding hydrogens is 304 g/mol. The Labute approximate surface area is 139 Å². The van der Waals surface area contributed by atoms with Crippen LogP contribution < -0.4 is 5.56 Å². The van der Waals surface area contributed by atoms with E-state index in [1.165, 1.54) is 7.11 Å². The molecule has 0 saturated carbocycles. The van der Waals surface area contributed by atoms with E-state index in [9.17, 15) is 9.59 Å². The summed E-state index contributed by atoms with van der Waals surface area (Å²) in [6.45, 7) is 4.04. The largest absolute Gasteiger partial charge is 0.465 e. The molecule has 0 amide bonds. The Bertz CT molecular complexity index is 996. The number of fused-ring (bicyclic) bond motifs is 1. The number of esters is 1. The fraction of sp³-hybridized carbons (Fsp3) is 0.263. The minimum Gasteiger partial charge on any atom is -0.465 e. The van der Waals surface area contributed by atoms with Crippen LogP contribution in [-0.4, -0.2) is 22.6 Å². The number of hydrogen-bond acceptors (Lipinski definition) is 3. The van der Waals surface area contributed by atoms with Gasteiger partial charge in [-0.05, 0) is 42.7 Å². The van der Waals surface area contributed by atoms with Crippen LogP contribution in [0.25, 0.3) is 22.2 Å². The summed E-state index contributed by atoms with van der Waals surface area (Å²) in [6.07, 6.45) is 2.72. The van der Waals surface area contributed by atoms with Crippen LogP contribution >= 0.6 is 0 Å². The maximum atomic E-state index is 12.3. The van der Waals surface area contributed by atoms with Crippen LogP contribution in [0.15, 0.2) is 35.3 Å². The molecule has 0 aliphatic heterocycles. The van der Waals surface area contributed by atoms with Gasteiger partial charge in [0.1, 0.15) is 5.56 Å². The van der Waals surface area contributed by atoms with Crippen molar-refractivity contribution < 1.29 is 9.53 Å². The van der Waals surface area contributed by atoms with Crippen molar-refractivity contribution in [2.24, 2.45) is 7.05 Å². The number of hydrogen-bond donors (Lipinski definition) is 1. The number of nitrogens with one attached hydrogen (secondary N) is 1. The third-order valence-electron chi connectivity index (χ3n) is 4.52. The van der Waals surface area contributed by atoms with E-state index in [0.29, 0.717) is 6.42 Å². The Kier molecular flexibility index (Phi) is 4.01. The Morgan fingerprint density at radius 3 is 2.71 bits per heavy atom. The summed E-state index contributed by atoms with van der Waals surface area (Å²) in [7, 11) is 3.28. The maximum absolute atomic E-state index is 12.3. The molecule has 0 aliphatic carbocycles. The van der Waals surface area contributed by atoms with Gasteiger partial charge in [0.25, 0.3) is 5.56 Å². The van der Waals surface area contributed by atoms with E-state index in [-0.39, 0.29) is 5.56 Å². The minimum atomic E-state index is -0.618. The van der Waals surface area contributed by atoms with Crippen molar-refractivity contribution in [2.45, 2.75) is 20.3 Å². The number of ether oxygens (including phenoxy) is 1. The zero-order chi connectivity index (χ0) is 17.4. The summed E-state index contributed by atoms with van der Waals surface area (Å²) in [5, 5.41) is 1.15. The summed E-state index contributed by atoms with van der Waals surface area (Å²) >= 11 is 0. The minimum absolute atomic E-state index is 0.0385. The Balaban J connectivity index is 2.26. The number of carbonyl (C=O) groups is 1. The topological polar surface area (TPSA) is 64.1 Å². The van der Waals surface area contributed by atoms with E-state index in [4.69, 9.17) is 0 Å². The van der Waals surface area contributed by atoms with Crippen molar-refractivity contribution in [3.8, 4) is 11.3 Å². The van der Waals surface area contributed by atoms with Crippen LogP contribution in [0.3, 0.4) is 0 Å². The monoisotopic (exact) mass is 324 g/mol. The molecule has 0 unspecified atom stereocenters. The van der Waals surface area contributed by atoms with Gasteiger partial charge in [-0.15, -0.1) is 0 Å². The lowest BCUT2D eigenvalue weighted by Crippen LogP contribution is -2.20. The highest BCUT2D eigenvalue weighted by Crippen LogP contribution is 2.30. The molecule has 24 heavy (non-hydrogen) atoms. The van der Waals surface area contributed by atoms with E-state index in [1.807, 2.05) is 39.2 Å². The smallest absolute Gasteiger partial charge is 0.343 e. The zero-order valence-corrected chi connectivity index (χ0v) is 14.3. The highest BCUT2D eigenvalue weighted by atomic mass is 16.5. The molecule has 0 radical (unpaired) electrons. The molecule has 0 atom stereocenters. The molecule has 2 heterocycles. The second-order valence-corrected chi connectivity index (χ2v) is 5.86. The summed E-state index contributed by atoms with van der Waals surface area (Å²) in [5.74, 6) is -0.618. The molecule has 5 heteroatoms. The second kappa shape index (κ2) is 6.00. The van der Waals surface area contributed by atoms with Crippen LogP contribution in [-0.2, 0) is 18.2 Å². The second-order valence-electron chi connectivity index (χ2n) is 5.86. The van der Waals surface area contributed by atoms with Gasteiger partial charge < -0.3 is 14.3 Å². The van der Waals surface area contributed by atoms with Gasteiger partial charge >= 0.3 is 5.97 Å². The summed E-state index contributed by atoms with van der Waals surface area (Å²) in [6, 6.07) is 7.76. The number of nitrogens with zero attached hydrogens (tertiary/aromatic N) is 1. The number of aromatic amines is 1. The number of rotatable bonds is 3. The first-order valence-corrected chi connectivity index (χ1v) is 7.87. The SMILES string of the molecule is CCc1cc(C(=O)OC)c(=O)[nH]c1-c1ccc2c(ccn2C)c1C. The predicted octanol–water partition coefficient (Wildman–Crippen LogP) is 3.19. The van der Waals surface area contributed by atoms with Crippen molar-refractivity contribution in [2.75, 3.05) is 7.11 Å². The quantitative estimate of drug-likeness (QED) is 0.753. The van der Waals surface area contributed by atoms with Gasteiger partial charge in [-0.3, -0.25) is 4.79 Å². The molecule has 3 aromatic rings. The van der Waals surface area contributed by atoms with Crippen molar-refractivity contribution >= 4 is 16.9 Å². The molecule has 0 bridgehead atoms. The standard InChI is InChI=1S/C19H20N2O3/c1-5-12-10-15(19(23)24-4)18(22)20-17(12)14-6-7-16-13(11(14)2)8-9-21(16)3/h6-10H,5H2,1-4H3,(H,20,22). The molecule has 0 fully saturated rings. The first-order valence-electron chi connectivity index (χ1n) is 7.87. The fourth-order valence-corrected chi connectivity index (χ4v) is 3.12. The molecule has 5 nitrogen and oxygen atoms in total. The van der Waals surface area contributed by atoms with E-state index < -0.39 is 11.5 Å². The molecule has 0 spiro atoms. The lowest BCUT2D eigenvalue weighted by Gasteiger charge is -2.13. The molecule has 0 aliphatic rings. The molecule has 1 aromatic carbocycles. The third kappa shape index (κ3) is 2.42. The number of methoxy groups -OCH3 is 1. The highest BCUT2D eigenvalue weighted by Gasteiger charge is 2.17. The zero-order valence-electron chi connectivity index (χ0n) is 14.3. The average molecular weight is 324 g/mol. The normalized spacial score (nSPS) is 11.0. The van der Waals surface area contributed by atoms with Gasteiger partial charge in [-0.25, -0.2) is 4.79 Å². The average Bonchev–Trinajstić information content (AvgIpc) is 2.96. The molecule has 2 aromatic heterocycles. The fourth-order valence-electron chi connectivity index (χ4n) is 3.12. The Morgan fingerprint density at radius 2 is 2.04 bits per heavy atom. The number of benzene rings is 1. The number of aromatic nitrogens is 2. The number of H-pyrrole nitrogens is 1. The van der Waals surface area contributed by atoms with Gasteiger partial charge in [0, 0.05) is 29.7 Å². The third-order valence-corrected chi connectivity index (χ3v) is 4.52. The van der Waals surface area contributed by atoms with Gasteiger partial charge in [-0.2, -0.15) is 0 Å². The Morgan fingerprint density at radius 1 is 1.29 bits per heavy atom. The number of pyridine rings is 1. The van der Waals surface area contributed by atoms with Gasteiger partial charge in [-0.1, -0.05) is 13.0 Å². The van der Waals surface area contributed by atoms with Crippen LogP contribution in [0.2, 0.25) is 0 Å². The van der Waals surface area contributed by atoms with Crippen molar-refractivity contribution in [1.29, 1.82) is 0 Å². The molecule has 0 saturated heterocycles. The van der Waals surface area contributed by atoms with E-state index in [0.717, 1.165) is 33.3 Å². The summed E-state index contributed by atoms with van der Waals surface area (Å²) < 4.78 is 6.75. The van der Waals surface area contributed by atoms with Gasteiger partial charge in [0.05, 0.1) is 12.8 Å². The first-order chi connectivity index (χ1) is 11.5. The van der Waals surface area contributed by atoms with Crippen molar-refractivity contribution in [1.82, 2.24) is 9.55 Å². The number of aryl methyl sites for hydroxylation is 3. The summed E-state index contributed by atoms with van der Waals surface area (Å²) in [4.78, 5) is 26.9. The van der Waals surface area contributed by atoms with Gasteiger partial charge in [0.2, 0.25) is 0 Å². The first kappa shape index (κ1) is 16.1. The van der Waals surface area contributed by atoms with Crippen LogP contribution in [0.5, 0.6) is 0 Å². The lowest BCUT2D eigenvalue weighted by atomic mass is 9.96. The van der Waals surface area contributed by atoms with Crippen molar-refractivity contribution in [3.63, 3.8) is 0 Å². The van der Waals surface area contributed by atoms with E-state index in [2.05, 4.69) is 20.4 Å². The van der Waals surface area contributed by atoms with Crippen molar-refractivity contribution in [3.05, 3.63) is 57.5 Å². The van der Waals surface area contributed by atoms with Crippen LogP contribution in [0.4, 0.5) is 0 Å². The van der Waals surface area contributed by atoms with Gasteiger partial charge in [0.15, 0.2) is 0 Å². The summed E-state index contributed by atoms with van der Waals surface area (Å²) in [5.41, 5.74) is 4.50. The lowest BCUT2D eigenvalue weighted by molar-refractivity contribution is 0.0598. The highest BCUT2D eigenvalue weighted by molar-refractivity contribution is 5.92. The van der Waals surface area contributed by atoms with E-state index >= 15 is 0 Å². The van der Waals surface area contributed by atoms with Crippen LogP contribution in [0, 0.1) is 6.92 Å². The maximum Gasteiger partial charge on any atom is 0.343 e. The Hall–Kier alpha value is -2.82. The molecule has 124 valence electrons. The molecule has 1 N–H and O–H groups in total. The van der Waals surface area contributed by atoms with Crippen LogP contribution in [0.1, 0.15) is 28.4 Å². The van der Waals surface area contributed by atoms with E-state index in [1.54, 1.807) is 6.07 Å². The molecule has 3 rings (SSSR count). The number of carbonyl (C=O) groups excluding carboxylic acids is 1.